The van der Waals surface area contributed by atoms with Crippen LogP contribution in [0.25, 0.3) is 0 Å². The zero-order chi connectivity index (χ0) is 20.6. The van der Waals surface area contributed by atoms with Crippen LogP contribution < -0.4 is 10.1 Å². The maximum Gasteiger partial charge on any atom is 0.338 e. The number of halogens is 1. The quantitative estimate of drug-likeness (QED) is 0.552. The van der Waals surface area contributed by atoms with E-state index in [2.05, 4.69) is 5.32 Å². The van der Waals surface area contributed by atoms with Gasteiger partial charge < -0.3 is 19.2 Å². The topological polar surface area (TPSA) is 77.8 Å². The lowest BCUT2D eigenvalue weighted by Gasteiger charge is -2.06. The molecular weight excluding hydrogens is 377 g/mol. The van der Waals surface area contributed by atoms with Crippen LogP contribution in [0.3, 0.4) is 0 Å². The van der Waals surface area contributed by atoms with Crippen molar-refractivity contribution in [1.82, 2.24) is 0 Å². The molecule has 150 valence electrons. The summed E-state index contributed by atoms with van der Waals surface area (Å²) in [5.41, 5.74) is 0.928. The Bertz CT molecular complexity index is 964. The predicted molar refractivity (Wildman–Crippen MR) is 104 cm³/mol. The summed E-state index contributed by atoms with van der Waals surface area (Å²) in [6.07, 6.45) is 0.750. The van der Waals surface area contributed by atoms with Crippen LogP contribution in [0.4, 0.5) is 10.1 Å². The van der Waals surface area contributed by atoms with Gasteiger partial charge in [-0.2, -0.15) is 0 Å². The Labute approximate surface area is 167 Å². The zero-order valence-electron chi connectivity index (χ0n) is 15.8. The molecule has 0 aliphatic heterocycles. The number of amides is 1. The maximum atomic E-state index is 12.9. The van der Waals surface area contributed by atoms with Gasteiger partial charge in [0.1, 0.15) is 23.9 Å². The Morgan fingerprint density at radius 1 is 1.00 bits per heavy atom. The SMILES string of the molecule is CCCOC(=O)c1ccc(NC(=O)c2ccc(COc3ccc(F)cc3)o2)cc1. The normalized spacial score (nSPS) is 10.4. The molecule has 0 saturated heterocycles. The average molecular weight is 397 g/mol. The first-order valence-electron chi connectivity index (χ1n) is 9.11. The third-order valence-corrected chi connectivity index (χ3v) is 3.90. The molecule has 2 aromatic carbocycles. The summed E-state index contributed by atoms with van der Waals surface area (Å²) in [5.74, 6) is -0.116. The minimum absolute atomic E-state index is 0.105. The van der Waals surface area contributed by atoms with Gasteiger partial charge in [0.2, 0.25) is 0 Å². The first-order valence-corrected chi connectivity index (χ1v) is 9.11. The molecule has 0 radical (unpaired) electrons. The summed E-state index contributed by atoms with van der Waals surface area (Å²) >= 11 is 0. The number of carbonyl (C=O) groups is 2. The Morgan fingerprint density at radius 2 is 1.72 bits per heavy atom. The molecule has 0 atom stereocenters. The van der Waals surface area contributed by atoms with Crippen molar-refractivity contribution in [3.8, 4) is 5.75 Å². The van der Waals surface area contributed by atoms with Gasteiger partial charge in [-0.1, -0.05) is 6.92 Å². The number of esters is 1. The van der Waals surface area contributed by atoms with E-state index >= 15 is 0 Å². The van der Waals surface area contributed by atoms with Crippen molar-refractivity contribution in [2.45, 2.75) is 20.0 Å². The summed E-state index contributed by atoms with van der Waals surface area (Å²) in [7, 11) is 0. The number of hydrogen-bond donors (Lipinski definition) is 1. The molecule has 1 N–H and O–H groups in total. The van der Waals surface area contributed by atoms with Gasteiger partial charge in [0.25, 0.3) is 5.91 Å². The van der Waals surface area contributed by atoms with Gasteiger partial charge in [-0.3, -0.25) is 4.79 Å². The largest absolute Gasteiger partial charge is 0.486 e. The van der Waals surface area contributed by atoms with E-state index in [9.17, 15) is 14.0 Å². The Balaban J connectivity index is 1.54. The second-order valence-electron chi connectivity index (χ2n) is 6.18. The molecule has 0 aliphatic rings. The number of benzene rings is 2. The molecule has 0 fully saturated rings. The van der Waals surface area contributed by atoms with Crippen LogP contribution in [0.2, 0.25) is 0 Å². The Kier molecular flexibility index (Phi) is 6.63. The number of ether oxygens (including phenoxy) is 2. The molecule has 7 heteroatoms. The van der Waals surface area contributed by atoms with Crippen LogP contribution in [0.15, 0.2) is 65.1 Å². The third-order valence-electron chi connectivity index (χ3n) is 3.90. The molecule has 0 bridgehead atoms. The van der Waals surface area contributed by atoms with E-state index in [1.807, 2.05) is 6.92 Å². The van der Waals surface area contributed by atoms with Crippen molar-refractivity contribution in [1.29, 1.82) is 0 Å². The van der Waals surface area contributed by atoms with Gasteiger partial charge in [-0.25, -0.2) is 9.18 Å². The fourth-order valence-electron chi connectivity index (χ4n) is 2.42. The van der Waals surface area contributed by atoms with Crippen molar-refractivity contribution in [2.75, 3.05) is 11.9 Å². The van der Waals surface area contributed by atoms with Crippen LogP contribution in [0.1, 0.15) is 40.0 Å². The fourth-order valence-corrected chi connectivity index (χ4v) is 2.42. The fraction of sp³-hybridized carbons (Fsp3) is 0.182. The highest BCUT2D eigenvalue weighted by molar-refractivity contribution is 6.02. The van der Waals surface area contributed by atoms with Gasteiger partial charge in [0.05, 0.1) is 12.2 Å². The van der Waals surface area contributed by atoms with Gasteiger partial charge in [-0.05, 0) is 67.1 Å². The van der Waals surface area contributed by atoms with Crippen molar-refractivity contribution in [3.05, 3.63) is 83.6 Å². The third kappa shape index (κ3) is 5.68. The van der Waals surface area contributed by atoms with Crippen molar-refractivity contribution in [3.63, 3.8) is 0 Å². The second kappa shape index (κ2) is 9.54. The van der Waals surface area contributed by atoms with Crippen LogP contribution in [0.5, 0.6) is 5.75 Å². The number of hydrogen-bond acceptors (Lipinski definition) is 5. The van der Waals surface area contributed by atoms with E-state index in [1.54, 1.807) is 30.3 Å². The zero-order valence-corrected chi connectivity index (χ0v) is 15.8. The molecular formula is C22H20FNO5. The molecule has 1 heterocycles. The van der Waals surface area contributed by atoms with Crippen LogP contribution in [-0.2, 0) is 11.3 Å². The number of carbonyl (C=O) groups excluding carboxylic acids is 2. The van der Waals surface area contributed by atoms with Gasteiger partial charge in [0, 0.05) is 5.69 Å². The molecule has 0 unspecified atom stereocenters. The lowest BCUT2D eigenvalue weighted by molar-refractivity contribution is 0.0505. The van der Waals surface area contributed by atoms with Crippen molar-refractivity contribution in [2.24, 2.45) is 0 Å². The number of furan rings is 1. The van der Waals surface area contributed by atoms with Crippen molar-refractivity contribution >= 4 is 17.6 Å². The van der Waals surface area contributed by atoms with E-state index in [0.29, 0.717) is 29.4 Å². The molecule has 0 aliphatic carbocycles. The highest BCUT2D eigenvalue weighted by atomic mass is 19.1. The van der Waals surface area contributed by atoms with Crippen LogP contribution in [-0.4, -0.2) is 18.5 Å². The number of rotatable bonds is 8. The monoisotopic (exact) mass is 397 g/mol. The molecule has 1 amide bonds. The Morgan fingerprint density at radius 3 is 2.41 bits per heavy atom. The molecule has 29 heavy (non-hydrogen) atoms. The summed E-state index contributed by atoms with van der Waals surface area (Å²) in [6.45, 7) is 2.39. The molecule has 3 rings (SSSR count). The molecule has 0 saturated carbocycles. The van der Waals surface area contributed by atoms with Crippen molar-refractivity contribution < 1.29 is 27.9 Å². The van der Waals surface area contributed by atoms with E-state index in [1.165, 1.54) is 30.3 Å². The van der Waals surface area contributed by atoms with E-state index in [4.69, 9.17) is 13.9 Å². The van der Waals surface area contributed by atoms with Crippen LogP contribution in [0, 0.1) is 5.82 Å². The lowest BCUT2D eigenvalue weighted by Crippen LogP contribution is -2.11. The smallest absolute Gasteiger partial charge is 0.338 e. The maximum absolute atomic E-state index is 12.9. The second-order valence-corrected chi connectivity index (χ2v) is 6.18. The van der Waals surface area contributed by atoms with E-state index in [0.717, 1.165) is 6.42 Å². The molecule has 6 nitrogen and oxygen atoms in total. The molecule has 0 spiro atoms. The minimum atomic E-state index is -0.431. The summed E-state index contributed by atoms with van der Waals surface area (Å²) in [5, 5.41) is 2.69. The van der Waals surface area contributed by atoms with Crippen LogP contribution >= 0.6 is 0 Å². The minimum Gasteiger partial charge on any atom is -0.486 e. The number of nitrogens with one attached hydrogen (secondary N) is 1. The van der Waals surface area contributed by atoms with Gasteiger partial charge in [-0.15, -0.1) is 0 Å². The highest BCUT2D eigenvalue weighted by Gasteiger charge is 2.13. The Hall–Kier alpha value is -3.61. The van der Waals surface area contributed by atoms with Gasteiger partial charge >= 0.3 is 5.97 Å². The van der Waals surface area contributed by atoms with E-state index in [-0.39, 0.29) is 18.2 Å². The first-order chi connectivity index (χ1) is 14.0. The first kappa shape index (κ1) is 20.1. The number of anilines is 1. The average Bonchev–Trinajstić information content (AvgIpc) is 3.21. The summed E-state index contributed by atoms with van der Waals surface area (Å²) in [6, 6.07) is 15.2. The lowest BCUT2D eigenvalue weighted by atomic mass is 10.2. The highest BCUT2D eigenvalue weighted by Crippen LogP contribution is 2.17. The standard InChI is InChI=1S/C22H20FNO5/c1-2-13-27-22(26)15-3-7-17(8-4-15)24-21(25)20-12-11-19(29-20)14-28-18-9-5-16(23)6-10-18/h3-12H,2,13-14H2,1H3,(H,24,25). The van der Waals surface area contributed by atoms with E-state index < -0.39 is 11.9 Å². The molecule has 1 aromatic heterocycles. The molecule has 3 aromatic rings. The summed E-state index contributed by atoms with van der Waals surface area (Å²) < 4.78 is 28.9. The predicted octanol–water partition coefficient (Wildman–Crippen LogP) is 4.82. The van der Waals surface area contributed by atoms with Gasteiger partial charge in [0.15, 0.2) is 5.76 Å². The summed E-state index contributed by atoms with van der Waals surface area (Å²) in [4.78, 5) is 24.1.